The Morgan fingerprint density at radius 1 is 1.36 bits per heavy atom. The van der Waals surface area contributed by atoms with Gasteiger partial charge in [0, 0.05) is 12.1 Å². The highest BCUT2D eigenvalue weighted by molar-refractivity contribution is 6.38. The lowest BCUT2D eigenvalue weighted by Gasteiger charge is -2.03. The van der Waals surface area contributed by atoms with Gasteiger partial charge in [0.1, 0.15) is 22.5 Å². The highest BCUT2D eigenvalue weighted by Crippen LogP contribution is 2.32. The summed E-state index contributed by atoms with van der Waals surface area (Å²) in [5, 5.41) is 29.1. The minimum Gasteiger partial charge on any atom is -0.506 e. The van der Waals surface area contributed by atoms with Crippen LogP contribution in [0.4, 0.5) is 11.4 Å². The van der Waals surface area contributed by atoms with Crippen LogP contribution in [0.15, 0.2) is 24.3 Å². The van der Waals surface area contributed by atoms with Gasteiger partial charge in [-0.15, -0.1) is 15.0 Å². The number of nitrogens with two attached hydrogens (primary N) is 1. The van der Waals surface area contributed by atoms with Gasteiger partial charge in [-0.05, 0) is 12.1 Å². The van der Waals surface area contributed by atoms with Gasteiger partial charge in [-0.1, -0.05) is 11.6 Å². The molecule has 0 radical (unpaired) electrons. The number of nitro benzene ring substituents is 1. The first-order valence-electron chi connectivity index (χ1n) is 6.74. The van der Waals surface area contributed by atoms with Gasteiger partial charge < -0.3 is 15.6 Å². The van der Waals surface area contributed by atoms with Crippen LogP contribution in [0.5, 0.6) is 5.75 Å². The maximum atomic E-state index is 11.9. The minimum atomic E-state index is -0.705. The number of aromatic nitrogens is 3. The molecule has 0 aliphatic carbocycles. The summed E-state index contributed by atoms with van der Waals surface area (Å²) >= 11 is 6.10. The lowest BCUT2D eigenvalue weighted by atomic mass is 10.1. The molecule has 0 saturated heterocycles. The number of methoxy groups -OCH3 is 1. The second kappa shape index (κ2) is 5.91. The van der Waals surface area contributed by atoms with Crippen LogP contribution in [0.3, 0.4) is 0 Å². The molecule has 0 spiro atoms. The molecule has 3 rings (SSSR count). The Balaban J connectivity index is 2.30. The molecule has 0 atom stereocenters. The van der Waals surface area contributed by atoms with E-state index in [9.17, 15) is 20.0 Å². The van der Waals surface area contributed by atoms with Gasteiger partial charge in [-0.25, -0.2) is 4.79 Å². The van der Waals surface area contributed by atoms with Gasteiger partial charge in [-0.3, -0.25) is 10.1 Å². The van der Waals surface area contributed by atoms with E-state index in [2.05, 4.69) is 14.9 Å². The third-order valence-electron chi connectivity index (χ3n) is 3.42. The van der Waals surface area contributed by atoms with E-state index in [4.69, 9.17) is 17.3 Å². The molecule has 3 aromatic rings. The highest BCUT2D eigenvalue weighted by Gasteiger charge is 2.22. The van der Waals surface area contributed by atoms with E-state index in [1.165, 1.54) is 13.2 Å². The van der Waals surface area contributed by atoms with Crippen molar-refractivity contribution in [3.8, 4) is 11.4 Å². The first-order valence-corrected chi connectivity index (χ1v) is 7.12. The number of esters is 1. The van der Waals surface area contributed by atoms with Crippen molar-refractivity contribution in [2.45, 2.75) is 0 Å². The van der Waals surface area contributed by atoms with E-state index >= 15 is 0 Å². The Hall–Kier alpha value is -3.40. The van der Waals surface area contributed by atoms with E-state index in [0.29, 0.717) is 0 Å². The Kier molecular flexibility index (Phi) is 3.89. The zero-order chi connectivity index (χ0) is 18.3. The van der Waals surface area contributed by atoms with Crippen LogP contribution in [-0.2, 0) is 4.74 Å². The van der Waals surface area contributed by atoms with Gasteiger partial charge in [0.05, 0.1) is 28.3 Å². The summed E-state index contributed by atoms with van der Waals surface area (Å²) < 4.78 is 4.68. The Morgan fingerprint density at radius 3 is 2.68 bits per heavy atom. The highest BCUT2D eigenvalue weighted by atomic mass is 35.5. The number of phenols is 1. The number of benzene rings is 2. The number of nitrogen functional groups attached to an aromatic ring is 1. The standard InChI is InChI=1S/C14H10ClN5O5/c1-25-14(22)7-5-8(16)11(15)13-12(7)17-19(18-13)9-4-6(20(23)24)2-3-10(9)21/h2-5,21H,16H2,1H3. The topological polar surface area (TPSA) is 146 Å². The second-order valence-electron chi connectivity index (χ2n) is 4.94. The summed E-state index contributed by atoms with van der Waals surface area (Å²) in [5.74, 6) is -1.00. The first kappa shape index (κ1) is 16.5. The summed E-state index contributed by atoms with van der Waals surface area (Å²) in [6.45, 7) is 0. The van der Waals surface area contributed by atoms with Crippen molar-refractivity contribution < 1.29 is 19.6 Å². The number of nitro groups is 1. The lowest BCUT2D eigenvalue weighted by Crippen LogP contribution is -2.04. The zero-order valence-corrected chi connectivity index (χ0v) is 13.4. The molecule has 0 amide bonds. The number of non-ortho nitro benzene ring substituents is 1. The number of aromatic hydroxyl groups is 1. The number of nitrogens with zero attached hydrogens (tertiary/aromatic N) is 4. The number of hydrogen-bond acceptors (Lipinski definition) is 8. The van der Waals surface area contributed by atoms with Crippen LogP contribution in [-0.4, -0.2) is 38.1 Å². The molecule has 3 N–H and O–H groups in total. The van der Waals surface area contributed by atoms with Gasteiger partial charge in [0.25, 0.3) is 5.69 Å². The molecule has 0 fully saturated rings. The Labute approximate surface area is 144 Å². The Bertz CT molecular complexity index is 1030. The SMILES string of the molecule is COC(=O)c1cc(N)c(Cl)c2nn(-c3cc([N+](=O)[O-])ccc3O)nc12. The van der Waals surface area contributed by atoms with Crippen molar-refractivity contribution in [2.75, 3.05) is 12.8 Å². The molecule has 2 aromatic carbocycles. The molecule has 0 saturated carbocycles. The fraction of sp³-hybridized carbons (Fsp3) is 0.0714. The maximum absolute atomic E-state index is 11.9. The number of phenolic OH excluding ortho intramolecular Hbond substituents is 1. The molecular formula is C14H10ClN5O5. The maximum Gasteiger partial charge on any atom is 0.340 e. The third kappa shape index (κ3) is 2.68. The smallest absolute Gasteiger partial charge is 0.340 e. The fourth-order valence-corrected chi connectivity index (χ4v) is 2.40. The second-order valence-corrected chi connectivity index (χ2v) is 5.31. The molecule has 0 bridgehead atoms. The average Bonchev–Trinajstić information content (AvgIpc) is 3.02. The molecule has 11 heteroatoms. The predicted molar refractivity (Wildman–Crippen MR) is 87.9 cm³/mol. The Morgan fingerprint density at radius 2 is 2.04 bits per heavy atom. The van der Waals surface area contributed by atoms with Gasteiger partial charge >= 0.3 is 5.97 Å². The van der Waals surface area contributed by atoms with Gasteiger partial charge in [0.2, 0.25) is 0 Å². The molecule has 10 nitrogen and oxygen atoms in total. The number of halogens is 1. The van der Waals surface area contributed by atoms with E-state index in [0.717, 1.165) is 23.0 Å². The molecule has 128 valence electrons. The summed E-state index contributed by atoms with van der Waals surface area (Å²) in [7, 11) is 1.19. The third-order valence-corrected chi connectivity index (χ3v) is 3.82. The van der Waals surface area contributed by atoms with Crippen LogP contribution in [0, 0.1) is 10.1 Å². The number of rotatable bonds is 3. The van der Waals surface area contributed by atoms with Crippen LogP contribution < -0.4 is 5.73 Å². The summed E-state index contributed by atoms with van der Waals surface area (Å²) in [5.41, 5.74) is 5.72. The largest absolute Gasteiger partial charge is 0.506 e. The zero-order valence-electron chi connectivity index (χ0n) is 12.6. The van der Waals surface area contributed by atoms with Crippen molar-refractivity contribution in [3.63, 3.8) is 0 Å². The predicted octanol–water partition coefficient (Wildman–Crippen LogP) is 2.06. The van der Waals surface area contributed by atoms with Crippen LogP contribution in [0.2, 0.25) is 5.02 Å². The number of carbonyl (C=O) groups excluding carboxylic acids is 1. The monoisotopic (exact) mass is 363 g/mol. The summed E-state index contributed by atoms with van der Waals surface area (Å²) in [4.78, 5) is 23.1. The molecule has 0 aliphatic heterocycles. The fourth-order valence-electron chi connectivity index (χ4n) is 2.22. The van der Waals surface area contributed by atoms with E-state index in [-0.39, 0.29) is 44.4 Å². The van der Waals surface area contributed by atoms with Crippen LogP contribution in [0.25, 0.3) is 16.7 Å². The minimum absolute atomic E-state index is 0.0237. The van der Waals surface area contributed by atoms with E-state index < -0.39 is 10.9 Å². The first-order chi connectivity index (χ1) is 11.8. The summed E-state index contributed by atoms with van der Waals surface area (Å²) in [6.07, 6.45) is 0. The summed E-state index contributed by atoms with van der Waals surface area (Å²) in [6, 6.07) is 4.65. The van der Waals surface area contributed by atoms with Crippen LogP contribution >= 0.6 is 11.6 Å². The quantitative estimate of drug-likeness (QED) is 0.311. The van der Waals surface area contributed by atoms with E-state index in [1.807, 2.05) is 0 Å². The normalized spacial score (nSPS) is 10.8. The number of hydrogen-bond donors (Lipinski definition) is 2. The van der Waals surface area contributed by atoms with Crippen molar-refractivity contribution in [1.29, 1.82) is 0 Å². The van der Waals surface area contributed by atoms with Crippen molar-refractivity contribution in [2.24, 2.45) is 0 Å². The van der Waals surface area contributed by atoms with Gasteiger partial charge in [0.15, 0.2) is 0 Å². The molecular weight excluding hydrogens is 354 g/mol. The average molecular weight is 364 g/mol. The lowest BCUT2D eigenvalue weighted by molar-refractivity contribution is -0.384. The molecule has 1 aromatic heterocycles. The molecule has 0 aliphatic rings. The molecule has 1 heterocycles. The van der Waals surface area contributed by atoms with Crippen LogP contribution in [0.1, 0.15) is 10.4 Å². The molecule has 0 unspecified atom stereocenters. The van der Waals surface area contributed by atoms with Gasteiger partial charge in [-0.2, -0.15) is 0 Å². The number of fused-ring (bicyclic) bond motifs is 1. The number of carbonyl (C=O) groups is 1. The number of anilines is 1. The van der Waals surface area contributed by atoms with Crippen molar-refractivity contribution in [3.05, 3.63) is 45.0 Å². The van der Waals surface area contributed by atoms with Crippen molar-refractivity contribution in [1.82, 2.24) is 15.0 Å². The van der Waals surface area contributed by atoms with Crippen molar-refractivity contribution >= 4 is 40.0 Å². The van der Waals surface area contributed by atoms with E-state index in [1.54, 1.807) is 0 Å². The molecule has 25 heavy (non-hydrogen) atoms. The number of ether oxygens (including phenoxy) is 1.